The maximum Gasteiger partial charge on any atom is 0.317 e. The van der Waals surface area contributed by atoms with Gasteiger partial charge in [-0.3, -0.25) is 0 Å². The first kappa shape index (κ1) is 21.1. The zero-order valence-corrected chi connectivity index (χ0v) is 18.4. The summed E-state index contributed by atoms with van der Waals surface area (Å²) in [5, 5.41) is 3.66. The summed E-state index contributed by atoms with van der Waals surface area (Å²) in [6, 6.07) is 13.5. The molecule has 0 spiro atoms. The number of oxazole rings is 1. The number of ether oxygens (including phenoxy) is 1. The van der Waals surface area contributed by atoms with Gasteiger partial charge in [-0.05, 0) is 29.8 Å². The maximum absolute atomic E-state index is 12.5. The molecule has 0 aliphatic carbocycles. The van der Waals surface area contributed by atoms with Crippen LogP contribution in [0.25, 0.3) is 11.3 Å². The summed E-state index contributed by atoms with van der Waals surface area (Å²) in [5.74, 6) is 2.03. The quantitative estimate of drug-likeness (QED) is 0.638. The lowest BCUT2D eigenvalue weighted by Crippen LogP contribution is -2.51. The number of methoxy groups -OCH3 is 1. The second kappa shape index (κ2) is 9.31. The predicted octanol–water partition coefficient (Wildman–Crippen LogP) is 4.34. The Labute approximate surface area is 186 Å². The van der Waals surface area contributed by atoms with Crippen LogP contribution >= 0.6 is 11.6 Å². The fraction of sp³-hybridized carbons (Fsp3) is 0.304. The van der Waals surface area contributed by atoms with E-state index in [0.717, 1.165) is 35.7 Å². The van der Waals surface area contributed by atoms with E-state index < -0.39 is 0 Å². The Morgan fingerprint density at radius 3 is 2.55 bits per heavy atom. The lowest BCUT2D eigenvalue weighted by atomic mass is 10.1. The Kier molecular flexibility index (Phi) is 6.32. The van der Waals surface area contributed by atoms with Crippen LogP contribution in [0.2, 0.25) is 5.02 Å². The molecule has 1 N–H and O–H groups in total. The molecule has 2 amide bonds. The lowest BCUT2D eigenvalue weighted by Gasteiger charge is -2.36. The number of hydrogen-bond acceptors (Lipinski definition) is 5. The van der Waals surface area contributed by atoms with Gasteiger partial charge in [-0.1, -0.05) is 23.7 Å². The first-order valence-electron chi connectivity index (χ1n) is 10.2. The first-order chi connectivity index (χ1) is 15.0. The molecule has 7 nitrogen and oxygen atoms in total. The molecule has 0 unspecified atom stereocenters. The molecule has 162 valence electrons. The molecule has 1 aliphatic heterocycles. The van der Waals surface area contributed by atoms with E-state index in [-0.39, 0.29) is 6.03 Å². The third-order valence-electron chi connectivity index (χ3n) is 5.36. The molecular weight excluding hydrogens is 416 g/mol. The fourth-order valence-corrected chi connectivity index (χ4v) is 3.75. The van der Waals surface area contributed by atoms with Gasteiger partial charge >= 0.3 is 6.03 Å². The molecule has 4 rings (SSSR count). The summed E-state index contributed by atoms with van der Waals surface area (Å²) in [7, 11) is 1.65. The third-order valence-corrected chi connectivity index (χ3v) is 5.61. The van der Waals surface area contributed by atoms with Crippen molar-refractivity contribution in [1.82, 2.24) is 15.2 Å². The number of piperazine rings is 1. The molecule has 31 heavy (non-hydrogen) atoms. The molecule has 1 aromatic heterocycles. The number of nitrogens with zero attached hydrogens (tertiary/aromatic N) is 3. The number of nitrogens with one attached hydrogen (secondary N) is 1. The Hall–Kier alpha value is -3.19. The van der Waals surface area contributed by atoms with Crippen molar-refractivity contribution in [2.75, 3.05) is 38.2 Å². The van der Waals surface area contributed by atoms with Crippen LogP contribution in [0.3, 0.4) is 0 Å². The van der Waals surface area contributed by atoms with Crippen molar-refractivity contribution in [3.8, 4) is 17.1 Å². The minimum absolute atomic E-state index is 0.0526. The minimum Gasteiger partial charge on any atom is -0.496 e. The van der Waals surface area contributed by atoms with Crippen molar-refractivity contribution in [2.45, 2.75) is 13.5 Å². The molecular formula is C23H25ClN4O3. The standard InChI is InChI=1S/C23H25ClN4O3/c1-16-25-15-22(31-16)20-8-7-19(13-21(20)30-2)27-9-11-28(12-10-27)23(29)26-14-17-3-5-18(24)6-4-17/h3-8,13,15H,9-12,14H2,1-2H3,(H,26,29). The molecule has 0 radical (unpaired) electrons. The molecule has 0 saturated carbocycles. The molecule has 2 heterocycles. The zero-order chi connectivity index (χ0) is 21.8. The van der Waals surface area contributed by atoms with Gasteiger partial charge in [0.2, 0.25) is 0 Å². The number of anilines is 1. The first-order valence-corrected chi connectivity index (χ1v) is 10.5. The summed E-state index contributed by atoms with van der Waals surface area (Å²) >= 11 is 5.90. The zero-order valence-electron chi connectivity index (χ0n) is 17.6. The van der Waals surface area contributed by atoms with Crippen LogP contribution in [-0.4, -0.2) is 49.2 Å². The number of aryl methyl sites for hydroxylation is 1. The molecule has 1 saturated heterocycles. The van der Waals surface area contributed by atoms with E-state index in [0.29, 0.717) is 36.3 Å². The van der Waals surface area contributed by atoms with Crippen molar-refractivity contribution in [1.29, 1.82) is 0 Å². The number of carbonyl (C=O) groups excluding carboxylic acids is 1. The van der Waals surface area contributed by atoms with Crippen molar-refractivity contribution >= 4 is 23.3 Å². The van der Waals surface area contributed by atoms with Crippen LogP contribution < -0.4 is 15.0 Å². The van der Waals surface area contributed by atoms with Gasteiger partial charge in [0.15, 0.2) is 11.7 Å². The highest BCUT2D eigenvalue weighted by Gasteiger charge is 2.22. The summed E-state index contributed by atoms with van der Waals surface area (Å²) in [6.45, 7) is 5.09. The Bertz CT molecular complexity index is 1040. The van der Waals surface area contributed by atoms with Gasteiger partial charge in [0, 0.05) is 56.4 Å². The normalized spacial score (nSPS) is 13.9. The van der Waals surface area contributed by atoms with E-state index in [4.69, 9.17) is 20.8 Å². The average Bonchev–Trinajstić information content (AvgIpc) is 3.24. The summed E-state index contributed by atoms with van der Waals surface area (Å²) < 4.78 is 11.2. The second-order valence-corrected chi connectivity index (χ2v) is 7.82. The van der Waals surface area contributed by atoms with Crippen LogP contribution in [0.4, 0.5) is 10.5 Å². The molecule has 1 aliphatic rings. The van der Waals surface area contributed by atoms with E-state index in [1.165, 1.54) is 0 Å². The summed E-state index contributed by atoms with van der Waals surface area (Å²) in [4.78, 5) is 20.8. The van der Waals surface area contributed by atoms with Gasteiger partial charge in [0.25, 0.3) is 0 Å². The van der Waals surface area contributed by atoms with E-state index in [2.05, 4.69) is 15.2 Å². The number of rotatable bonds is 5. The Morgan fingerprint density at radius 2 is 1.90 bits per heavy atom. The van der Waals surface area contributed by atoms with Crippen LogP contribution in [0.1, 0.15) is 11.5 Å². The van der Waals surface area contributed by atoms with Crippen LogP contribution in [0.5, 0.6) is 5.75 Å². The molecule has 8 heteroatoms. The van der Waals surface area contributed by atoms with E-state index in [1.54, 1.807) is 13.3 Å². The van der Waals surface area contributed by atoms with Crippen molar-refractivity contribution in [3.63, 3.8) is 0 Å². The third kappa shape index (κ3) is 4.94. The molecule has 0 bridgehead atoms. The van der Waals surface area contributed by atoms with Gasteiger partial charge in [-0.25, -0.2) is 9.78 Å². The Balaban J connectivity index is 1.34. The van der Waals surface area contributed by atoms with E-state index in [9.17, 15) is 4.79 Å². The minimum atomic E-state index is -0.0526. The average molecular weight is 441 g/mol. The Morgan fingerprint density at radius 1 is 1.16 bits per heavy atom. The number of aromatic nitrogens is 1. The lowest BCUT2D eigenvalue weighted by molar-refractivity contribution is 0.194. The predicted molar refractivity (Wildman–Crippen MR) is 121 cm³/mol. The van der Waals surface area contributed by atoms with Crippen molar-refractivity contribution in [3.05, 3.63) is 65.1 Å². The number of hydrogen-bond donors (Lipinski definition) is 1. The SMILES string of the molecule is COc1cc(N2CCN(C(=O)NCc3ccc(Cl)cc3)CC2)ccc1-c1cnc(C)o1. The van der Waals surface area contributed by atoms with Crippen LogP contribution in [-0.2, 0) is 6.54 Å². The van der Waals surface area contributed by atoms with E-state index >= 15 is 0 Å². The van der Waals surface area contributed by atoms with Gasteiger partial charge < -0.3 is 24.3 Å². The van der Waals surface area contributed by atoms with Gasteiger partial charge in [-0.2, -0.15) is 0 Å². The van der Waals surface area contributed by atoms with Crippen molar-refractivity contribution in [2.24, 2.45) is 0 Å². The largest absolute Gasteiger partial charge is 0.496 e. The van der Waals surface area contributed by atoms with Gasteiger partial charge in [0.1, 0.15) is 5.75 Å². The highest BCUT2D eigenvalue weighted by molar-refractivity contribution is 6.30. The number of halogens is 1. The summed E-state index contributed by atoms with van der Waals surface area (Å²) in [6.07, 6.45) is 1.70. The number of urea groups is 1. The highest BCUT2D eigenvalue weighted by Crippen LogP contribution is 2.34. The second-order valence-electron chi connectivity index (χ2n) is 7.39. The monoisotopic (exact) mass is 440 g/mol. The van der Waals surface area contributed by atoms with Crippen molar-refractivity contribution < 1.29 is 13.9 Å². The van der Waals surface area contributed by atoms with Gasteiger partial charge in [-0.15, -0.1) is 0 Å². The smallest absolute Gasteiger partial charge is 0.317 e. The topological polar surface area (TPSA) is 70.8 Å². The molecule has 0 atom stereocenters. The molecule has 1 fully saturated rings. The van der Waals surface area contributed by atoms with Crippen LogP contribution in [0, 0.1) is 6.92 Å². The number of carbonyl (C=O) groups is 1. The molecule has 2 aromatic carbocycles. The maximum atomic E-state index is 12.5. The fourth-order valence-electron chi connectivity index (χ4n) is 3.63. The van der Waals surface area contributed by atoms with Gasteiger partial charge in [0.05, 0.1) is 18.9 Å². The van der Waals surface area contributed by atoms with E-state index in [1.807, 2.05) is 54.3 Å². The molecule has 3 aromatic rings. The van der Waals surface area contributed by atoms with Crippen LogP contribution in [0.15, 0.2) is 53.1 Å². The number of amides is 2. The number of benzene rings is 2. The summed E-state index contributed by atoms with van der Waals surface area (Å²) in [5.41, 5.74) is 2.94. The highest BCUT2D eigenvalue weighted by atomic mass is 35.5.